The molecule has 104 valence electrons. The van der Waals surface area contributed by atoms with Gasteiger partial charge >= 0.3 is 0 Å². The van der Waals surface area contributed by atoms with Gasteiger partial charge in [-0.1, -0.05) is 38.1 Å². The number of carbonyl (C=O) groups is 1. The molecule has 0 radical (unpaired) electrons. The summed E-state index contributed by atoms with van der Waals surface area (Å²) in [7, 11) is 0. The molecule has 2 nitrogen and oxygen atoms in total. The van der Waals surface area contributed by atoms with Gasteiger partial charge in [0.2, 0.25) is 0 Å². The van der Waals surface area contributed by atoms with Crippen molar-refractivity contribution < 1.29 is 9.90 Å². The van der Waals surface area contributed by atoms with Gasteiger partial charge in [-0.05, 0) is 44.1 Å². The summed E-state index contributed by atoms with van der Waals surface area (Å²) < 4.78 is 0. The molecule has 0 bridgehead atoms. The zero-order valence-corrected chi connectivity index (χ0v) is 12.1. The lowest BCUT2D eigenvalue weighted by Gasteiger charge is -2.31. The molecule has 1 N–H and O–H groups in total. The molecule has 2 unspecified atom stereocenters. The number of carbonyl (C=O) groups excluding carboxylic acids is 1. The summed E-state index contributed by atoms with van der Waals surface area (Å²) in [4.78, 5) is 12.6. The summed E-state index contributed by atoms with van der Waals surface area (Å²) in [6, 6.07) is 7.91. The van der Waals surface area contributed by atoms with Gasteiger partial charge < -0.3 is 5.11 Å². The van der Waals surface area contributed by atoms with Gasteiger partial charge in [0.15, 0.2) is 5.78 Å². The van der Waals surface area contributed by atoms with Crippen LogP contribution in [0.1, 0.15) is 56.0 Å². The van der Waals surface area contributed by atoms with Crippen LogP contribution in [0, 0.1) is 11.8 Å². The van der Waals surface area contributed by atoms with Crippen LogP contribution >= 0.6 is 0 Å². The van der Waals surface area contributed by atoms with E-state index < -0.39 is 5.60 Å². The lowest BCUT2D eigenvalue weighted by Crippen LogP contribution is -2.35. The molecule has 2 atom stereocenters. The van der Waals surface area contributed by atoms with Crippen molar-refractivity contribution in [3.05, 3.63) is 35.4 Å². The quantitative estimate of drug-likeness (QED) is 0.843. The smallest absolute Gasteiger partial charge is 0.166 e. The number of Topliss-reactive ketones (excluding diaryl/α,β-unsaturated/α-hetero) is 1. The van der Waals surface area contributed by atoms with Crippen LogP contribution in [0.5, 0.6) is 0 Å². The predicted octanol–water partition coefficient (Wildman–Crippen LogP) is 3.62. The molecule has 0 aliphatic heterocycles. The van der Waals surface area contributed by atoms with Crippen molar-refractivity contribution in [1.82, 2.24) is 0 Å². The van der Waals surface area contributed by atoms with E-state index in [0.717, 1.165) is 24.8 Å². The second-order valence-electron chi connectivity index (χ2n) is 6.33. The van der Waals surface area contributed by atoms with Crippen molar-refractivity contribution in [2.45, 2.75) is 52.1 Å². The molecule has 1 aliphatic rings. The lowest BCUT2D eigenvalue weighted by atomic mass is 9.79. The van der Waals surface area contributed by atoms with Crippen LogP contribution in [0.2, 0.25) is 0 Å². The first-order chi connectivity index (χ1) is 8.92. The van der Waals surface area contributed by atoms with Crippen molar-refractivity contribution >= 4 is 5.78 Å². The third-order valence-corrected chi connectivity index (χ3v) is 4.56. The summed E-state index contributed by atoms with van der Waals surface area (Å²) in [5.74, 6) is 0.342. The summed E-state index contributed by atoms with van der Waals surface area (Å²) in [5.41, 5.74) is 1.27. The average molecular weight is 260 g/mol. The first-order valence-electron chi connectivity index (χ1n) is 7.26. The first-order valence-corrected chi connectivity index (χ1v) is 7.26. The average Bonchev–Trinajstić information content (AvgIpc) is 2.50. The second-order valence-corrected chi connectivity index (χ2v) is 6.33. The molecule has 2 rings (SSSR count). The van der Waals surface area contributed by atoms with Crippen molar-refractivity contribution in [2.24, 2.45) is 11.8 Å². The standard InChI is InChI=1S/C17H24O2/c1-12(2)17(3,19)11-14-9-6-8-13-7-4-5-10-15(13)16(14)18/h4-5,7,10,12,14,19H,6,8-9,11H2,1-3H3. The third kappa shape index (κ3) is 3.06. The zero-order chi connectivity index (χ0) is 14.0. The van der Waals surface area contributed by atoms with Crippen molar-refractivity contribution in [3.8, 4) is 0 Å². The number of rotatable bonds is 3. The van der Waals surface area contributed by atoms with E-state index in [-0.39, 0.29) is 17.6 Å². The number of hydrogen-bond acceptors (Lipinski definition) is 2. The Bertz CT molecular complexity index is 460. The Morgan fingerprint density at radius 3 is 2.74 bits per heavy atom. The van der Waals surface area contributed by atoms with Crippen molar-refractivity contribution in [2.75, 3.05) is 0 Å². The van der Waals surface area contributed by atoms with E-state index in [0.29, 0.717) is 6.42 Å². The Balaban J connectivity index is 2.23. The van der Waals surface area contributed by atoms with Gasteiger partial charge in [-0.15, -0.1) is 0 Å². The number of hydrogen-bond donors (Lipinski definition) is 1. The summed E-state index contributed by atoms with van der Waals surface area (Å²) in [6.07, 6.45) is 3.46. The minimum absolute atomic E-state index is 0.0407. The lowest BCUT2D eigenvalue weighted by molar-refractivity contribution is -0.00834. The Labute approximate surface area is 115 Å². The minimum atomic E-state index is -0.764. The molecule has 19 heavy (non-hydrogen) atoms. The molecule has 0 amide bonds. The van der Waals surface area contributed by atoms with E-state index in [1.54, 1.807) is 0 Å². The molecular formula is C17H24O2. The van der Waals surface area contributed by atoms with Crippen LogP contribution in [0.3, 0.4) is 0 Å². The zero-order valence-electron chi connectivity index (χ0n) is 12.1. The number of benzene rings is 1. The second kappa shape index (κ2) is 5.46. The highest BCUT2D eigenvalue weighted by Gasteiger charge is 2.34. The summed E-state index contributed by atoms with van der Waals surface area (Å²) in [5, 5.41) is 10.4. The number of ketones is 1. The maximum absolute atomic E-state index is 12.6. The van der Waals surface area contributed by atoms with Crippen LogP contribution in [-0.2, 0) is 6.42 Å². The molecular weight excluding hydrogens is 236 g/mol. The monoisotopic (exact) mass is 260 g/mol. The van der Waals surface area contributed by atoms with Crippen LogP contribution in [0.25, 0.3) is 0 Å². The molecule has 1 aliphatic carbocycles. The van der Waals surface area contributed by atoms with Gasteiger partial charge in [-0.25, -0.2) is 0 Å². The van der Waals surface area contributed by atoms with E-state index in [2.05, 4.69) is 6.07 Å². The first kappa shape index (κ1) is 14.3. The highest BCUT2D eigenvalue weighted by molar-refractivity contribution is 5.99. The molecule has 0 saturated heterocycles. The third-order valence-electron chi connectivity index (χ3n) is 4.56. The molecule has 0 fully saturated rings. The SMILES string of the molecule is CC(C)C(C)(O)CC1CCCc2ccccc2C1=O. The van der Waals surface area contributed by atoms with Crippen LogP contribution in [-0.4, -0.2) is 16.5 Å². The van der Waals surface area contributed by atoms with Crippen LogP contribution < -0.4 is 0 Å². The Morgan fingerprint density at radius 1 is 1.37 bits per heavy atom. The molecule has 1 aromatic rings. The Kier molecular flexibility index (Phi) is 4.10. The summed E-state index contributed by atoms with van der Waals surface area (Å²) >= 11 is 0. The molecule has 0 aromatic heterocycles. The van der Waals surface area contributed by atoms with Crippen molar-refractivity contribution in [3.63, 3.8) is 0 Å². The number of aliphatic hydroxyl groups is 1. The fourth-order valence-electron chi connectivity index (χ4n) is 2.80. The number of fused-ring (bicyclic) bond motifs is 1. The fraction of sp³-hybridized carbons (Fsp3) is 0.588. The maximum atomic E-state index is 12.6. The van der Waals surface area contributed by atoms with Gasteiger partial charge in [0, 0.05) is 11.5 Å². The molecule has 0 spiro atoms. The van der Waals surface area contributed by atoms with Crippen molar-refractivity contribution in [1.29, 1.82) is 0 Å². The van der Waals surface area contributed by atoms with E-state index in [1.807, 2.05) is 39.0 Å². The molecule has 2 heteroatoms. The van der Waals surface area contributed by atoms with Gasteiger partial charge in [0.25, 0.3) is 0 Å². The van der Waals surface area contributed by atoms with E-state index >= 15 is 0 Å². The van der Waals surface area contributed by atoms with E-state index in [1.165, 1.54) is 5.56 Å². The van der Waals surface area contributed by atoms with Gasteiger partial charge in [-0.2, -0.15) is 0 Å². The highest BCUT2D eigenvalue weighted by atomic mass is 16.3. The van der Waals surface area contributed by atoms with Gasteiger partial charge in [0.05, 0.1) is 5.60 Å². The topological polar surface area (TPSA) is 37.3 Å². The molecule has 1 aromatic carbocycles. The Hall–Kier alpha value is -1.15. The number of aryl methyl sites for hydroxylation is 1. The normalized spacial score (nSPS) is 22.8. The highest BCUT2D eigenvalue weighted by Crippen LogP contribution is 2.32. The van der Waals surface area contributed by atoms with Crippen LogP contribution in [0.4, 0.5) is 0 Å². The molecule has 0 saturated carbocycles. The van der Waals surface area contributed by atoms with E-state index in [4.69, 9.17) is 0 Å². The van der Waals surface area contributed by atoms with Gasteiger partial charge in [0.1, 0.15) is 0 Å². The van der Waals surface area contributed by atoms with Gasteiger partial charge in [-0.3, -0.25) is 4.79 Å². The largest absolute Gasteiger partial charge is 0.390 e. The fourth-order valence-corrected chi connectivity index (χ4v) is 2.80. The maximum Gasteiger partial charge on any atom is 0.166 e. The minimum Gasteiger partial charge on any atom is -0.390 e. The Morgan fingerprint density at radius 2 is 2.05 bits per heavy atom. The summed E-state index contributed by atoms with van der Waals surface area (Å²) in [6.45, 7) is 5.87. The predicted molar refractivity (Wildman–Crippen MR) is 77.3 cm³/mol. The van der Waals surface area contributed by atoms with Crippen LogP contribution in [0.15, 0.2) is 24.3 Å². The molecule has 0 heterocycles. The van der Waals surface area contributed by atoms with E-state index in [9.17, 15) is 9.90 Å².